The lowest BCUT2D eigenvalue weighted by Gasteiger charge is -2.02. The van der Waals surface area contributed by atoms with E-state index in [2.05, 4.69) is 41.4 Å². The van der Waals surface area contributed by atoms with Gasteiger partial charge in [-0.25, -0.2) is 9.97 Å². The van der Waals surface area contributed by atoms with Gasteiger partial charge in [0, 0.05) is 11.9 Å². The molecule has 0 aliphatic carbocycles. The number of thiazole rings is 2. The smallest absolute Gasteiger partial charge is 0.183 e. The topological polar surface area (TPSA) is 37.8 Å². The number of hydrogen-bond acceptors (Lipinski definition) is 5. The molecule has 0 atom stereocenters. The van der Waals surface area contributed by atoms with E-state index in [4.69, 9.17) is 0 Å². The summed E-state index contributed by atoms with van der Waals surface area (Å²) < 4.78 is 0. The summed E-state index contributed by atoms with van der Waals surface area (Å²) in [5.41, 5.74) is 4.12. The Morgan fingerprint density at radius 1 is 1.35 bits per heavy atom. The fraction of sp³-hybridized carbons (Fsp3) is 0.500. The predicted molar refractivity (Wildman–Crippen MR) is 76.1 cm³/mol. The number of nitrogens with zero attached hydrogens (tertiary/aromatic N) is 2. The maximum Gasteiger partial charge on any atom is 0.183 e. The Labute approximate surface area is 110 Å². The van der Waals surface area contributed by atoms with E-state index < -0.39 is 0 Å². The van der Waals surface area contributed by atoms with Crippen LogP contribution in [0.4, 0.5) is 5.13 Å². The first kappa shape index (κ1) is 12.5. The first-order chi connectivity index (χ1) is 8.22. The Hall–Kier alpha value is -0.940. The third-order valence-electron chi connectivity index (χ3n) is 2.40. The van der Waals surface area contributed by atoms with Gasteiger partial charge in [-0.15, -0.1) is 22.7 Å². The van der Waals surface area contributed by atoms with Crippen LogP contribution in [0.2, 0.25) is 0 Å². The second kappa shape index (κ2) is 5.60. The van der Waals surface area contributed by atoms with Gasteiger partial charge in [-0.3, -0.25) is 0 Å². The second-order valence-electron chi connectivity index (χ2n) is 4.19. The highest BCUT2D eigenvalue weighted by atomic mass is 32.1. The van der Waals surface area contributed by atoms with Crippen LogP contribution in [-0.2, 0) is 0 Å². The third kappa shape index (κ3) is 2.84. The highest BCUT2D eigenvalue weighted by molar-refractivity contribution is 7.15. The normalized spacial score (nSPS) is 11.1. The van der Waals surface area contributed by atoms with Gasteiger partial charge >= 0.3 is 0 Å². The molecule has 5 heteroatoms. The summed E-state index contributed by atoms with van der Waals surface area (Å²) in [6, 6.07) is 0. The SMILES string of the molecule is CCCNc1nc(-c2scnc2C(C)C)cs1. The summed E-state index contributed by atoms with van der Waals surface area (Å²) in [6.07, 6.45) is 1.12. The summed E-state index contributed by atoms with van der Waals surface area (Å²) >= 11 is 3.34. The van der Waals surface area contributed by atoms with Crippen LogP contribution in [-0.4, -0.2) is 16.5 Å². The molecule has 1 N–H and O–H groups in total. The van der Waals surface area contributed by atoms with E-state index in [9.17, 15) is 0 Å². The second-order valence-corrected chi connectivity index (χ2v) is 5.90. The summed E-state index contributed by atoms with van der Waals surface area (Å²) in [5.74, 6) is 0.449. The number of aromatic nitrogens is 2. The van der Waals surface area contributed by atoms with Crippen LogP contribution in [0.5, 0.6) is 0 Å². The highest BCUT2D eigenvalue weighted by Gasteiger charge is 2.14. The van der Waals surface area contributed by atoms with Crippen LogP contribution < -0.4 is 5.32 Å². The van der Waals surface area contributed by atoms with Crippen molar-refractivity contribution >= 4 is 27.8 Å². The minimum atomic E-state index is 0.449. The maximum atomic E-state index is 4.61. The van der Waals surface area contributed by atoms with Crippen LogP contribution in [0.1, 0.15) is 38.8 Å². The van der Waals surface area contributed by atoms with E-state index >= 15 is 0 Å². The molecule has 2 aromatic heterocycles. The average molecular weight is 267 g/mol. The predicted octanol–water partition coefficient (Wildman–Crippen LogP) is 4.21. The van der Waals surface area contributed by atoms with Crippen molar-refractivity contribution in [2.24, 2.45) is 0 Å². The van der Waals surface area contributed by atoms with E-state index in [-0.39, 0.29) is 0 Å². The molecular formula is C12H17N3S2. The van der Waals surface area contributed by atoms with Gasteiger partial charge in [0.05, 0.1) is 21.8 Å². The van der Waals surface area contributed by atoms with Gasteiger partial charge in [0.25, 0.3) is 0 Å². The van der Waals surface area contributed by atoms with Crippen molar-refractivity contribution in [1.29, 1.82) is 0 Å². The van der Waals surface area contributed by atoms with Crippen molar-refractivity contribution in [3.8, 4) is 10.6 Å². The van der Waals surface area contributed by atoms with Crippen molar-refractivity contribution in [2.45, 2.75) is 33.1 Å². The number of rotatable bonds is 5. The lowest BCUT2D eigenvalue weighted by molar-refractivity contribution is 0.834. The standard InChI is InChI=1S/C12H17N3S2/c1-4-5-13-12-15-9(6-16-12)11-10(8(2)3)14-7-17-11/h6-8H,4-5H2,1-3H3,(H,13,15). The molecule has 0 bridgehead atoms. The summed E-state index contributed by atoms with van der Waals surface area (Å²) in [4.78, 5) is 10.2. The average Bonchev–Trinajstić information content (AvgIpc) is 2.94. The number of hydrogen-bond donors (Lipinski definition) is 1. The van der Waals surface area contributed by atoms with Crippen molar-refractivity contribution in [1.82, 2.24) is 9.97 Å². The van der Waals surface area contributed by atoms with Crippen molar-refractivity contribution in [2.75, 3.05) is 11.9 Å². The zero-order valence-electron chi connectivity index (χ0n) is 10.4. The van der Waals surface area contributed by atoms with Crippen LogP contribution in [0.25, 0.3) is 10.6 Å². The lowest BCUT2D eigenvalue weighted by atomic mass is 10.1. The van der Waals surface area contributed by atoms with Crippen LogP contribution >= 0.6 is 22.7 Å². The Morgan fingerprint density at radius 3 is 2.88 bits per heavy atom. The zero-order chi connectivity index (χ0) is 12.3. The van der Waals surface area contributed by atoms with Gasteiger partial charge in [-0.2, -0.15) is 0 Å². The zero-order valence-corrected chi connectivity index (χ0v) is 12.0. The Kier molecular flexibility index (Phi) is 4.12. The van der Waals surface area contributed by atoms with Gasteiger partial charge in [-0.05, 0) is 12.3 Å². The molecule has 0 unspecified atom stereocenters. The Morgan fingerprint density at radius 2 is 2.18 bits per heavy atom. The quantitative estimate of drug-likeness (QED) is 0.881. The largest absolute Gasteiger partial charge is 0.362 e. The molecular weight excluding hydrogens is 250 g/mol. The van der Waals surface area contributed by atoms with Gasteiger partial charge in [-0.1, -0.05) is 20.8 Å². The van der Waals surface area contributed by atoms with Crippen LogP contribution in [0, 0.1) is 0 Å². The number of anilines is 1. The molecule has 2 rings (SSSR count). The molecule has 0 radical (unpaired) electrons. The maximum absolute atomic E-state index is 4.61. The molecule has 17 heavy (non-hydrogen) atoms. The molecule has 0 saturated carbocycles. The van der Waals surface area contributed by atoms with E-state index in [1.807, 2.05) is 5.51 Å². The fourth-order valence-electron chi connectivity index (χ4n) is 1.55. The van der Waals surface area contributed by atoms with Crippen molar-refractivity contribution < 1.29 is 0 Å². The molecule has 0 amide bonds. The summed E-state index contributed by atoms with van der Waals surface area (Å²) in [6.45, 7) is 7.47. The molecule has 0 saturated heterocycles. The van der Waals surface area contributed by atoms with Gasteiger partial charge in [0.1, 0.15) is 0 Å². The Balaban J connectivity index is 2.21. The minimum Gasteiger partial charge on any atom is -0.362 e. The van der Waals surface area contributed by atoms with E-state index in [1.54, 1.807) is 22.7 Å². The molecule has 0 aliphatic rings. The van der Waals surface area contributed by atoms with Crippen LogP contribution in [0.3, 0.4) is 0 Å². The van der Waals surface area contributed by atoms with Gasteiger partial charge < -0.3 is 5.32 Å². The molecule has 0 fully saturated rings. The first-order valence-corrected chi connectivity index (χ1v) is 7.61. The van der Waals surface area contributed by atoms with E-state index in [1.165, 1.54) is 4.88 Å². The monoisotopic (exact) mass is 267 g/mol. The van der Waals surface area contributed by atoms with Crippen molar-refractivity contribution in [3.63, 3.8) is 0 Å². The lowest BCUT2D eigenvalue weighted by Crippen LogP contribution is -1.98. The van der Waals surface area contributed by atoms with Gasteiger partial charge in [0.15, 0.2) is 5.13 Å². The first-order valence-electron chi connectivity index (χ1n) is 5.85. The van der Waals surface area contributed by atoms with E-state index in [0.717, 1.165) is 29.5 Å². The summed E-state index contributed by atoms with van der Waals surface area (Å²) in [7, 11) is 0. The third-order valence-corrected chi connectivity index (χ3v) is 4.07. The molecule has 0 aliphatic heterocycles. The van der Waals surface area contributed by atoms with E-state index in [0.29, 0.717) is 5.92 Å². The molecule has 0 spiro atoms. The molecule has 0 aromatic carbocycles. The Bertz CT molecular complexity index is 474. The summed E-state index contributed by atoms with van der Waals surface area (Å²) in [5, 5.41) is 6.43. The molecule has 2 heterocycles. The van der Waals surface area contributed by atoms with Crippen LogP contribution in [0.15, 0.2) is 10.9 Å². The molecule has 92 valence electrons. The molecule has 2 aromatic rings. The highest BCUT2D eigenvalue weighted by Crippen LogP contribution is 2.33. The minimum absolute atomic E-state index is 0.449. The number of nitrogens with one attached hydrogen (secondary N) is 1. The van der Waals surface area contributed by atoms with Gasteiger partial charge in [0.2, 0.25) is 0 Å². The fourth-order valence-corrected chi connectivity index (χ4v) is 3.26. The molecule has 3 nitrogen and oxygen atoms in total. The van der Waals surface area contributed by atoms with Crippen molar-refractivity contribution in [3.05, 3.63) is 16.6 Å².